The zero-order valence-electron chi connectivity index (χ0n) is 13.7. The molecule has 0 aliphatic carbocycles. The molecule has 2 N–H and O–H groups in total. The maximum Gasteiger partial charge on any atom is 0.317 e. The number of urea groups is 1. The van der Waals surface area contributed by atoms with Crippen molar-refractivity contribution in [2.45, 2.75) is 13.8 Å². The zero-order valence-corrected chi connectivity index (χ0v) is 13.7. The summed E-state index contributed by atoms with van der Waals surface area (Å²) in [5.41, 5.74) is 0.859. The van der Waals surface area contributed by atoms with Gasteiger partial charge >= 0.3 is 6.03 Å². The Bertz CT molecular complexity index is 533. The molecule has 6 heteroatoms. The van der Waals surface area contributed by atoms with E-state index in [-0.39, 0.29) is 36.9 Å². The third-order valence-corrected chi connectivity index (χ3v) is 4.27. The molecule has 0 bridgehead atoms. The summed E-state index contributed by atoms with van der Waals surface area (Å²) in [6, 6.07) is 9.23. The van der Waals surface area contributed by atoms with Crippen LogP contribution in [0.1, 0.15) is 13.8 Å². The second-order valence-electron chi connectivity index (χ2n) is 6.18. The highest BCUT2D eigenvalue weighted by molar-refractivity contribution is 5.97. The van der Waals surface area contributed by atoms with Crippen molar-refractivity contribution in [2.24, 2.45) is 11.8 Å². The molecule has 23 heavy (non-hydrogen) atoms. The van der Waals surface area contributed by atoms with Crippen molar-refractivity contribution in [3.8, 4) is 0 Å². The third-order valence-electron chi connectivity index (χ3n) is 4.27. The molecule has 0 spiro atoms. The molecule has 1 unspecified atom stereocenters. The van der Waals surface area contributed by atoms with Crippen LogP contribution in [0.5, 0.6) is 0 Å². The molecule has 1 saturated heterocycles. The second kappa shape index (κ2) is 7.97. The second-order valence-corrected chi connectivity index (χ2v) is 6.18. The fourth-order valence-corrected chi connectivity index (χ4v) is 2.57. The van der Waals surface area contributed by atoms with Gasteiger partial charge in [-0.25, -0.2) is 4.79 Å². The molecule has 1 aromatic carbocycles. The van der Waals surface area contributed by atoms with Crippen LogP contribution in [0.25, 0.3) is 0 Å². The van der Waals surface area contributed by atoms with E-state index in [0.29, 0.717) is 19.6 Å². The lowest BCUT2D eigenvalue weighted by Crippen LogP contribution is -2.55. The van der Waals surface area contributed by atoms with Crippen molar-refractivity contribution in [3.63, 3.8) is 0 Å². The summed E-state index contributed by atoms with van der Waals surface area (Å²) in [5, 5.41) is 12.1. The first-order valence-corrected chi connectivity index (χ1v) is 8.02. The van der Waals surface area contributed by atoms with Crippen molar-refractivity contribution in [3.05, 3.63) is 30.3 Å². The minimum Gasteiger partial charge on any atom is -0.396 e. The number of hydrogen-bond donors (Lipinski definition) is 2. The third kappa shape index (κ3) is 4.45. The van der Waals surface area contributed by atoms with Crippen LogP contribution in [0, 0.1) is 11.8 Å². The summed E-state index contributed by atoms with van der Waals surface area (Å²) in [6.45, 7) is 5.54. The van der Waals surface area contributed by atoms with Crippen LogP contribution < -0.4 is 10.2 Å². The molecule has 0 radical (unpaired) electrons. The van der Waals surface area contributed by atoms with Gasteiger partial charge in [0.1, 0.15) is 6.54 Å². The average Bonchev–Trinajstić information content (AvgIpc) is 2.55. The number of para-hydroxylation sites is 1. The van der Waals surface area contributed by atoms with Crippen molar-refractivity contribution < 1.29 is 14.7 Å². The first kappa shape index (κ1) is 17.3. The predicted molar refractivity (Wildman–Crippen MR) is 89.2 cm³/mol. The maximum absolute atomic E-state index is 12.3. The van der Waals surface area contributed by atoms with Crippen LogP contribution in [-0.4, -0.2) is 54.7 Å². The highest BCUT2D eigenvalue weighted by Crippen LogP contribution is 2.16. The predicted octanol–water partition coefficient (Wildman–Crippen LogP) is 1.31. The fourth-order valence-electron chi connectivity index (χ4n) is 2.57. The lowest BCUT2D eigenvalue weighted by Gasteiger charge is -2.34. The van der Waals surface area contributed by atoms with E-state index in [1.54, 1.807) is 4.90 Å². The topological polar surface area (TPSA) is 72.9 Å². The summed E-state index contributed by atoms with van der Waals surface area (Å²) >= 11 is 0. The Kier molecular flexibility index (Phi) is 5.98. The molecule has 1 aliphatic heterocycles. The fraction of sp³-hybridized carbons (Fsp3) is 0.529. The SMILES string of the molecule is CC(C)C(CO)CNC(=O)N1CCN(c2ccccc2)C(=O)C1. The number of carbonyl (C=O) groups is 2. The summed E-state index contributed by atoms with van der Waals surface area (Å²) in [7, 11) is 0. The van der Waals surface area contributed by atoms with E-state index < -0.39 is 0 Å². The Morgan fingerprint density at radius 3 is 2.52 bits per heavy atom. The van der Waals surface area contributed by atoms with E-state index in [1.165, 1.54) is 4.90 Å². The molecule has 126 valence electrons. The number of nitrogens with zero attached hydrogens (tertiary/aromatic N) is 2. The molecule has 3 amide bonds. The van der Waals surface area contributed by atoms with Gasteiger partial charge in [-0.3, -0.25) is 4.79 Å². The lowest BCUT2D eigenvalue weighted by molar-refractivity contribution is -0.120. The summed E-state index contributed by atoms with van der Waals surface area (Å²) in [6.07, 6.45) is 0. The van der Waals surface area contributed by atoms with Gasteiger partial charge in [0.15, 0.2) is 0 Å². The van der Waals surface area contributed by atoms with Crippen LogP contribution in [0.15, 0.2) is 30.3 Å². The minimum absolute atomic E-state index is 0.0280. The Labute approximate surface area is 137 Å². The van der Waals surface area contributed by atoms with Crippen LogP contribution in [0.2, 0.25) is 0 Å². The number of benzene rings is 1. The van der Waals surface area contributed by atoms with E-state index in [9.17, 15) is 14.7 Å². The van der Waals surface area contributed by atoms with Crippen LogP contribution in [0.3, 0.4) is 0 Å². The molecule has 0 saturated carbocycles. The number of hydrogen-bond acceptors (Lipinski definition) is 3. The number of carbonyl (C=O) groups excluding carboxylic acids is 2. The molecule has 2 rings (SSSR count). The Morgan fingerprint density at radius 1 is 1.26 bits per heavy atom. The molecule has 1 atom stereocenters. The van der Waals surface area contributed by atoms with Gasteiger partial charge in [-0.05, 0) is 18.1 Å². The van der Waals surface area contributed by atoms with E-state index in [4.69, 9.17) is 0 Å². The molecule has 1 aromatic rings. The molecule has 1 aliphatic rings. The molecular formula is C17H25N3O3. The first-order valence-electron chi connectivity index (χ1n) is 8.02. The number of anilines is 1. The molecule has 6 nitrogen and oxygen atoms in total. The van der Waals surface area contributed by atoms with Gasteiger partial charge < -0.3 is 20.2 Å². The van der Waals surface area contributed by atoms with Gasteiger partial charge in [-0.15, -0.1) is 0 Å². The standard InChI is InChI=1S/C17H25N3O3/c1-13(2)14(12-21)10-18-17(23)19-8-9-20(16(22)11-19)15-6-4-3-5-7-15/h3-7,13-14,21H,8-12H2,1-2H3,(H,18,23). The van der Waals surface area contributed by atoms with Crippen molar-refractivity contribution >= 4 is 17.6 Å². The monoisotopic (exact) mass is 319 g/mol. The molecular weight excluding hydrogens is 294 g/mol. The normalized spacial score (nSPS) is 16.6. The zero-order chi connectivity index (χ0) is 16.8. The highest BCUT2D eigenvalue weighted by Gasteiger charge is 2.28. The van der Waals surface area contributed by atoms with E-state index in [1.807, 2.05) is 44.2 Å². The quantitative estimate of drug-likeness (QED) is 0.859. The van der Waals surface area contributed by atoms with Gasteiger partial charge in [-0.1, -0.05) is 32.0 Å². The van der Waals surface area contributed by atoms with Crippen LogP contribution in [0.4, 0.5) is 10.5 Å². The largest absolute Gasteiger partial charge is 0.396 e. The van der Waals surface area contributed by atoms with Crippen LogP contribution in [-0.2, 0) is 4.79 Å². The number of nitrogens with one attached hydrogen (secondary N) is 1. The Morgan fingerprint density at radius 2 is 1.96 bits per heavy atom. The maximum atomic E-state index is 12.3. The van der Waals surface area contributed by atoms with E-state index in [0.717, 1.165) is 5.69 Å². The van der Waals surface area contributed by atoms with E-state index in [2.05, 4.69) is 5.32 Å². The molecule has 1 heterocycles. The number of piperazine rings is 1. The Hall–Kier alpha value is -2.08. The van der Waals surface area contributed by atoms with Gasteiger partial charge in [0.05, 0.1) is 0 Å². The summed E-state index contributed by atoms with van der Waals surface area (Å²) in [5.74, 6) is 0.234. The van der Waals surface area contributed by atoms with Gasteiger partial charge in [0.2, 0.25) is 5.91 Å². The van der Waals surface area contributed by atoms with Crippen LogP contribution >= 0.6 is 0 Å². The average molecular weight is 319 g/mol. The summed E-state index contributed by atoms with van der Waals surface area (Å²) in [4.78, 5) is 27.7. The number of aliphatic hydroxyl groups excluding tert-OH is 1. The van der Waals surface area contributed by atoms with Gasteiger partial charge in [0.25, 0.3) is 0 Å². The van der Waals surface area contributed by atoms with Crippen molar-refractivity contribution in [1.29, 1.82) is 0 Å². The first-order chi connectivity index (χ1) is 11.0. The van der Waals surface area contributed by atoms with Crippen molar-refractivity contribution in [1.82, 2.24) is 10.2 Å². The smallest absolute Gasteiger partial charge is 0.317 e. The van der Waals surface area contributed by atoms with Gasteiger partial charge in [0, 0.05) is 37.8 Å². The molecule has 1 fully saturated rings. The minimum atomic E-state index is -0.245. The van der Waals surface area contributed by atoms with Gasteiger partial charge in [-0.2, -0.15) is 0 Å². The van der Waals surface area contributed by atoms with Crippen molar-refractivity contribution in [2.75, 3.05) is 37.7 Å². The number of rotatable bonds is 5. The highest BCUT2D eigenvalue weighted by atomic mass is 16.3. The lowest BCUT2D eigenvalue weighted by atomic mass is 9.97. The van der Waals surface area contributed by atoms with E-state index >= 15 is 0 Å². The molecule has 0 aromatic heterocycles. The number of aliphatic hydroxyl groups is 1. The number of amides is 3. The summed E-state index contributed by atoms with van der Waals surface area (Å²) < 4.78 is 0. The Balaban J connectivity index is 1.87.